The highest BCUT2D eigenvalue weighted by Crippen LogP contribution is 2.32. The van der Waals surface area contributed by atoms with E-state index in [0.29, 0.717) is 5.75 Å². The van der Waals surface area contributed by atoms with Gasteiger partial charge in [-0.05, 0) is 56.2 Å². The third-order valence-corrected chi connectivity index (χ3v) is 5.26. The Bertz CT molecular complexity index is 889. The topological polar surface area (TPSA) is 58.2 Å². The summed E-state index contributed by atoms with van der Waals surface area (Å²) < 4.78 is 6.82. The molecule has 3 aromatic rings. The molecule has 4 rings (SSSR count). The number of benzene rings is 2. The molecule has 0 spiro atoms. The smallest absolute Gasteiger partial charge is 0.263 e. The monoisotopic (exact) mass is 413 g/mol. The van der Waals surface area contributed by atoms with Crippen molar-refractivity contribution in [3.05, 3.63) is 58.8 Å². The van der Waals surface area contributed by atoms with Crippen molar-refractivity contribution in [1.29, 1.82) is 0 Å². The maximum Gasteiger partial charge on any atom is 0.263 e. The zero-order valence-corrected chi connectivity index (χ0v) is 16.1. The number of aromatic amines is 1. The van der Waals surface area contributed by atoms with Crippen LogP contribution >= 0.6 is 15.9 Å². The van der Waals surface area contributed by atoms with Crippen LogP contribution in [0.2, 0.25) is 0 Å². The van der Waals surface area contributed by atoms with E-state index in [4.69, 9.17) is 4.74 Å². The van der Waals surface area contributed by atoms with E-state index in [0.717, 1.165) is 40.7 Å². The molecule has 5 nitrogen and oxygen atoms in total. The van der Waals surface area contributed by atoms with Gasteiger partial charge in [0.2, 0.25) is 0 Å². The van der Waals surface area contributed by atoms with Crippen LogP contribution in [0.4, 0.5) is 0 Å². The minimum Gasteiger partial charge on any atom is -0.481 e. The normalized spacial score (nSPS) is 18.2. The van der Waals surface area contributed by atoms with E-state index in [9.17, 15) is 4.79 Å². The van der Waals surface area contributed by atoms with Crippen molar-refractivity contribution in [2.45, 2.75) is 31.9 Å². The van der Waals surface area contributed by atoms with Gasteiger partial charge in [0.05, 0.1) is 17.1 Å². The van der Waals surface area contributed by atoms with Crippen molar-refractivity contribution >= 4 is 32.9 Å². The minimum atomic E-state index is -0.541. The zero-order chi connectivity index (χ0) is 18.1. The Morgan fingerprint density at radius 1 is 1.27 bits per heavy atom. The van der Waals surface area contributed by atoms with Crippen LogP contribution in [0.1, 0.15) is 31.6 Å². The highest BCUT2D eigenvalue weighted by Gasteiger charge is 2.35. The van der Waals surface area contributed by atoms with Crippen molar-refractivity contribution in [3.8, 4) is 5.75 Å². The van der Waals surface area contributed by atoms with Gasteiger partial charge < -0.3 is 14.6 Å². The summed E-state index contributed by atoms with van der Waals surface area (Å²) in [5.41, 5.74) is 1.93. The number of H-pyrrole nitrogens is 1. The molecule has 2 atom stereocenters. The molecule has 0 aliphatic carbocycles. The molecule has 2 aromatic carbocycles. The first-order valence-electron chi connectivity index (χ1n) is 8.79. The Kier molecular flexibility index (Phi) is 4.68. The van der Waals surface area contributed by atoms with Gasteiger partial charge in [0, 0.05) is 11.0 Å². The average molecular weight is 414 g/mol. The summed E-state index contributed by atoms with van der Waals surface area (Å²) >= 11 is 3.40. The van der Waals surface area contributed by atoms with Crippen molar-refractivity contribution in [2.24, 2.45) is 0 Å². The lowest BCUT2D eigenvalue weighted by molar-refractivity contribution is -0.139. The number of carbonyl (C=O) groups is 1. The maximum atomic E-state index is 13.0. The number of ether oxygens (including phenoxy) is 1. The molecule has 1 aliphatic rings. The van der Waals surface area contributed by atoms with E-state index in [1.165, 1.54) is 0 Å². The number of hydrogen-bond acceptors (Lipinski definition) is 3. The predicted octanol–water partition coefficient (Wildman–Crippen LogP) is 4.46. The van der Waals surface area contributed by atoms with E-state index in [1.807, 2.05) is 53.4 Å². The van der Waals surface area contributed by atoms with Crippen LogP contribution in [0.25, 0.3) is 11.0 Å². The van der Waals surface area contributed by atoms with Crippen LogP contribution in [0.3, 0.4) is 0 Å². The lowest BCUT2D eigenvalue weighted by atomic mass is 10.2. The fraction of sp³-hybridized carbons (Fsp3) is 0.300. The molecule has 6 heteroatoms. The average Bonchev–Trinajstić information content (AvgIpc) is 3.29. The summed E-state index contributed by atoms with van der Waals surface area (Å²) in [6, 6.07) is 15.4. The zero-order valence-electron chi connectivity index (χ0n) is 14.5. The maximum absolute atomic E-state index is 13.0. The van der Waals surface area contributed by atoms with Gasteiger partial charge in [-0.2, -0.15) is 0 Å². The molecule has 1 N–H and O–H groups in total. The minimum absolute atomic E-state index is 0.00382. The van der Waals surface area contributed by atoms with E-state index >= 15 is 0 Å². The molecule has 26 heavy (non-hydrogen) atoms. The first kappa shape index (κ1) is 17.1. The number of fused-ring (bicyclic) bond motifs is 1. The summed E-state index contributed by atoms with van der Waals surface area (Å²) in [5.74, 6) is 1.54. The van der Waals surface area contributed by atoms with Gasteiger partial charge in [0.15, 0.2) is 6.10 Å². The number of rotatable bonds is 4. The summed E-state index contributed by atoms with van der Waals surface area (Å²) in [6.07, 6.45) is 1.34. The Morgan fingerprint density at radius 3 is 2.81 bits per heavy atom. The molecule has 1 fully saturated rings. The standard InChI is InChI=1S/C20H20BrN3O2/c1-13(26-15-10-8-14(21)9-11-15)20(25)24-12-4-7-18(24)19-22-16-5-2-3-6-17(16)23-19/h2-3,5-6,8-11,13,18H,4,7,12H2,1H3,(H,22,23)/t13-,18-/m1/s1. The van der Waals surface area contributed by atoms with Crippen LogP contribution in [0, 0.1) is 0 Å². The number of imidazole rings is 1. The first-order valence-corrected chi connectivity index (χ1v) is 9.58. The van der Waals surface area contributed by atoms with Gasteiger partial charge in [-0.25, -0.2) is 4.98 Å². The predicted molar refractivity (Wildman–Crippen MR) is 104 cm³/mol. The van der Waals surface area contributed by atoms with Crippen LogP contribution in [-0.2, 0) is 4.79 Å². The first-order chi connectivity index (χ1) is 12.6. The largest absolute Gasteiger partial charge is 0.481 e. The van der Waals surface area contributed by atoms with Crippen molar-refractivity contribution in [3.63, 3.8) is 0 Å². The molecule has 1 aromatic heterocycles. The molecular weight excluding hydrogens is 394 g/mol. The van der Waals surface area contributed by atoms with Crippen molar-refractivity contribution in [1.82, 2.24) is 14.9 Å². The van der Waals surface area contributed by atoms with Gasteiger partial charge in [0.1, 0.15) is 11.6 Å². The summed E-state index contributed by atoms with van der Waals surface area (Å²) in [6.45, 7) is 2.53. The Morgan fingerprint density at radius 2 is 2.04 bits per heavy atom. The molecule has 0 saturated carbocycles. The van der Waals surface area contributed by atoms with E-state index < -0.39 is 6.10 Å². The van der Waals surface area contributed by atoms with Gasteiger partial charge in [0.25, 0.3) is 5.91 Å². The Labute approximate surface area is 160 Å². The van der Waals surface area contributed by atoms with Gasteiger partial charge in [-0.1, -0.05) is 28.1 Å². The lowest BCUT2D eigenvalue weighted by Crippen LogP contribution is -2.40. The Balaban J connectivity index is 1.51. The molecule has 1 saturated heterocycles. The molecule has 0 radical (unpaired) electrons. The third kappa shape index (κ3) is 3.33. The van der Waals surface area contributed by atoms with E-state index in [-0.39, 0.29) is 11.9 Å². The molecule has 134 valence electrons. The number of para-hydroxylation sites is 2. The highest BCUT2D eigenvalue weighted by atomic mass is 79.9. The molecule has 1 aliphatic heterocycles. The summed E-state index contributed by atoms with van der Waals surface area (Å²) in [4.78, 5) is 22.9. The quantitative estimate of drug-likeness (QED) is 0.686. The number of carbonyl (C=O) groups excluding carboxylic acids is 1. The van der Waals surface area contributed by atoms with Crippen LogP contribution < -0.4 is 4.74 Å². The second-order valence-corrected chi connectivity index (χ2v) is 7.46. The SMILES string of the molecule is C[C@@H](Oc1ccc(Br)cc1)C(=O)N1CCC[C@@H]1c1nc2ccccc2[nH]1. The molecule has 0 unspecified atom stereocenters. The highest BCUT2D eigenvalue weighted by molar-refractivity contribution is 9.10. The fourth-order valence-corrected chi connectivity index (χ4v) is 3.71. The van der Waals surface area contributed by atoms with Gasteiger partial charge in [-0.15, -0.1) is 0 Å². The molecular formula is C20H20BrN3O2. The van der Waals surface area contributed by atoms with Crippen molar-refractivity contribution in [2.75, 3.05) is 6.54 Å². The molecule has 2 heterocycles. The van der Waals surface area contributed by atoms with Crippen molar-refractivity contribution < 1.29 is 9.53 Å². The lowest BCUT2D eigenvalue weighted by Gasteiger charge is -2.26. The fourth-order valence-electron chi connectivity index (χ4n) is 3.45. The summed E-state index contributed by atoms with van der Waals surface area (Å²) in [7, 11) is 0. The van der Waals surface area contributed by atoms with Gasteiger partial charge >= 0.3 is 0 Å². The number of likely N-dealkylation sites (tertiary alicyclic amines) is 1. The van der Waals surface area contributed by atoms with Crippen LogP contribution in [-0.4, -0.2) is 33.4 Å². The van der Waals surface area contributed by atoms with E-state index in [2.05, 4.69) is 25.9 Å². The second-order valence-electron chi connectivity index (χ2n) is 6.54. The summed E-state index contributed by atoms with van der Waals surface area (Å²) in [5, 5.41) is 0. The third-order valence-electron chi connectivity index (χ3n) is 4.73. The molecule has 0 bridgehead atoms. The number of amides is 1. The number of halogens is 1. The number of nitrogens with zero attached hydrogens (tertiary/aromatic N) is 2. The number of aromatic nitrogens is 2. The van der Waals surface area contributed by atoms with E-state index in [1.54, 1.807) is 6.92 Å². The van der Waals surface area contributed by atoms with Crippen LogP contribution in [0.15, 0.2) is 53.0 Å². The number of nitrogens with one attached hydrogen (secondary N) is 1. The molecule has 1 amide bonds. The van der Waals surface area contributed by atoms with Gasteiger partial charge in [-0.3, -0.25) is 4.79 Å². The Hall–Kier alpha value is -2.34. The second kappa shape index (κ2) is 7.11. The number of hydrogen-bond donors (Lipinski definition) is 1. The van der Waals surface area contributed by atoms with Crippen LogP contribution in [0.5, 0.6) is 5.75 Å².